The summed E-state index contributed by atoms with van der Waals surface area (Å²) in [5, 5.41) is 11.7. The fourth-order valence-corrected chi connectivity index (χ4v) is 2.34. The first-order chi connectivity index (χ1) is 11.4. The highest BCUT2D eigenvalue weighted by Gasteiger charge is 2.21. The van der Waals surface area contributed by atoms with Crippen LogP contribution in [-0.2, 0) is 20.8 Å². The highest BCUT2D eigenvalue weighted by atomic mass is 16.4. The molecule has 0 saturated heterocycles. The van der Waals surface area contributed by atoms with Crippen LogP contribution in [0, 0.1) is 0 Å². The Hall–Kier alpha value is -2.37. The number of nitrogens with one attached hydrogen (secondary N) is 1. The van der Waals surface area contributed by atoms with E-state index in [1.54, 1.807) is 0 Å². The third-order valence-corrected chi connectivity index (χ3v) is 3.77. The van der Waals surface area contributed by atoms with Gasteiger partial charge in [-0.2, -0.15) is 0 Å². The van der Waals surface area contributed by atoms with Crippen molar-refractivity contribution in [1.29, 1.82) is 0 Å². The van der Waals surface area contributed by atoms with E-state index in [4.69, 9.17) is 5.11 Å². The molecule has 24 heavy (non-hydrogen) atoms. The van der Waals surface area contributed by atoms with Gasteiger partial charge in [-0.05, 0) is 18.4 Å². The van der Waals surface area contributed by atoms with Crippen LogP contribution in [0.15, 0.2) is 30.3 Å². The summed E-state index contributed by atoms with van der Waals surface area (Å²) < 4.78 is 0. The Balaban J connectivity index is 2.55. The van der Waals surface area contributed by atoms with Gasteiger partial charge in [0.25, 0.3) is 0 Å². The molecule has 1 atom stereocenters. The minimum absolute atomic E-state index is 0.127. The van der Waals surface area contributed by atoms with Crippen LogP contribution in [0.2, 0.25) is 0 Å². The number of carboxylic acids is 1. The lowest BCUT2D eigenvalue weighted by Gasteiger charge is -2.22. The average Bonchev–Trinajstić information content (AvgIpc) is 2.55. The van der Waals surface area contributed by atoms with Crippen molar-refractivity contribution in [3.05, 3.63) is 35.9 Å². The van der Waals surface area contributed by atoms with Crippen molar-refractivity contribution in [3.63, 3.8) is 0 Å². The van der Waals surface area contributed by atoms with Gasteiger partial charge in [-0.25, -0.2) is 4.79 Å². The second-order valence-corrected chi connectivity index (χ2v) is 5.78. The Kier molecular flexibility index (Phi) is 8.54. The maximum atomic E-state index is 12.1. The number of amides is 2. The second kappa shape index (κ2) is 10.4. The Morgan fingerprint density at radius 1 is 1.21 bits per heavy atom. The summed E-state index contributed by atoms with van der Waals surface area (Å²) in [6.07, 6.45) is 2.62. The fraction of sp³-hybridized carbons (Fsp3) is 0.500. The van der Waals surface area contributed by atoms with E-state index in [1.165, 1.54) is 11.8 Å². The number of aliphatic carboxylic acids is 1. The molecule has 0 saturated carbocycles. The average molecular weight is 334 g/mol. The zero-order valence-electron chi connectivity index (χ0n) is 14.3. The van der Waals surface area contributed by atoms with E-state index in [9.17, 15) is 14.4 Å². The molecule has 0 spiro atoms. The third kappa shape index (κ3) is 7.26. The van der Waals surface area contributed by atoms with Crippen LogP contribution in [0.1, 0.15) is 38.7 Å². The highest BCUT2D eigenvalue weighted by Crippen LogP contribution is 2.03. The first-order valence-corrected chi connectivity index (χ1v) is 8.25. The van der Waals surface area contributed by atoms with E-state index in [-0.39, 0.29) is 12.5 Å². The van der Waals surface area contributed by atoms with Crippen molar-refractivity contribution in [2.75, 3.05) is 13.1 Å². The third-order valence-electron chi connectivity index (χ3n) is 3.77. The number of hydrogen-bond donors (Lipinski definition) is 2. The quantitative estimate of drug-likeness (QED) is 0.683. The fourth-order valence-electron chi connectivity index (χ4n) is 2.34. The minimum Gasteiger partial charge on any atom is -0.480 e. The first kappa shape index (κ1) is 19.7. The molecule has 0 aromatic heterocycles. The van der Waals surface area contributed by atoms with Gasteiger partial charge in [0.2, 0.25) is 11.8 Å². The molecule has 6 heteroatoms. The summed E-state index contributed by atoms with van der Waals surface area (Å²) in [5.41, 5.74) is 1.08. The summed E-state index contributed by atoms with van der Waals surface area (Å²) in [6, 6.07) is 8.78. The summed E-state index contributed by atoms with van der Waals surface area (Å²) in [6.45, 7) is 3.66. The van der Waals surface area contributed by atoms with Gasteiger partial charge >= 0.3 is 5.97 Å². The van der Waals surface area contributed by atoms with E-state index in [2.05, 4.69) is 5.32 Å². The molecular weight excluding hydrogens is 308 g/mol. The van der Waals surface area contributed by atoms with Crippen molar-refractivity contribution in [3.8, 4) is 0 Å². The van der Waals surface area contributed by atoms with E-state index in [0.29, 0.717) is 19.4 Å². The molecule has 0 aliphatic heterocycles. The predicted molar refractivity (Wildman–Crippen MR) is 91.5 cm³/mol. The molecule has 1 unspecified atom stereocenters. The molecule has 132 valence electrons. The van der Waals surface area contributed by atoms with Crippen molar-refractivity contribution in [2.24, 2.45) is 0 Å². The minimum atomic E-state index is -1.05. The van der Waals surface area contributed by atoms with Crippen molar-refractivity contribution >= 4 is 17.8 Å². The Morgan fingerprint density at radius 2 is 1.88 bits per heavy atom. The predicted octanol–water partition coefficient (Wildman–Crippen LogP) is 1.84. The molecule has 0 radical (unpaired) electrons. The number of carboxylic acid groups (broad SMARTS) is 1. The maximum Gasteiger partial charge on any atom is 0.326 e. The lowest BCUT2D eigenvalue weighted by Crippen LogP contribution is -2.47. The molecule has 0 aliphatic carbocycles. The van der Waals surface area contributed by atoms with Crippen LogP contribution in [0.4, 0.5) is 0 Å². The number of benzene rings is 1. The van der Waals surface area contributed by atoms with Gasteiger partial charge in [0, 0.05) is 13.5 Å². The molecular formula is C18H26N2O4. The monoisotopic (exact) mass is 334 g/mol. The Morgan fingerprint density at radius 3 is 2.42 bits per heavy atom. The summed E-state index contributed by atoms with van der Waals surface area (Å²) in [5.74, 6) is -1.70. The molecule has 0 bridgehead atoms. The largest absolute Gasteiger partial charge is 0.480 e. The van der Waals surface area contributed by atoms with Crippen LogP contribution >= 0.6 is 0 Å². The van der Waals surface area contributed by atoms with Gasteiger partial charge in [0.1, 0.15) is 6.04 Å². The number of rotatable bonds is 10. The molecule has 0 fully saturated rings. The van der Waals surface area contributed by atoms with Crippen molar-refractivity contribution < 1.29 is 19.5 Å². The number of carbonyl (C=O) groups is 3. The molecule has 1 aromatic carbocycles. The molecule has 2 N–H and O–H groups in total. The number of unbranched alkanes of at least 4 members (excludes halogenated alkanes) is 1. The van der Waals surface area contributed by atoms with Gasteiger partial charge in [-0.1, -0.05) is 50.1 Å². The lowest BCUT2D eigenvalue weighted by atomic mass is 10.1. The van der Waals surface area contributed by atoms with Gasteiger partial charge in [0.15, 0.2) is 0 Å². The van der Waals surface area contributed by atoms with Crippen molar-refractivity contribution in [2.45, 2.75) is 45.6 Å². The van der Waals surface area contributed by atoms with Gasteiger partial charge in [-0.15, -0.1) is 0 Å². The molecule has 1 aromatic rings. The van der Waals surface area contributed by atoms with E-state index in [0.717, 1.165) is 18.4 Å². The number of carbonyl (C=O) groups excluding carboxylic acids is 2. The Bertz CT molecular complexity index is 545. The van der Waals surface area contributed by atoms with Gasteiger partial charge in [0.05, 0.1) is 6.54 Å². The molecule has 1 rings (SSSR count). The highest BCUT2D eigenvalue weighted by molar-refractivity contribution is 5.87. The summed E-state index contributed by atoms with van der Waals surface area (Å²) in [4.78, 5) is 36.4. The second-order valence-electron chi connectivity index (χ2n) is 5.78. The SMILES string of the molecule is CCCCC(NC(=O)CN(CCc1ccccc1)C(C)=O)C(=O)O. The van der Waals surface area contributed by atoms with Crippen molar-refractivity contribution in [1.82, 2.24) is 10.2 Å². The standard InChI is InChI=1S/C18H26N2O4/c1-3-4-10-16(18(23)24)19-17(22)13-20(14(2)21)12-11-15-8-6-5-7-9-15/h5-9,16H,3-4,10-13H2,1-2H3,(H,19,22)(H,23,24). The normalized spacial score (nSPS) is 11.6. The number of hydrogen-bond acceptors (Lipinski definition) is 3. The van der Waals surface area contributed by atoms with E-state index >= 15 is 0 Å². The molecule has 2 amide bonds. The molecule has 0 heterocycles. The summed E-state index contributed by atoms with van der Waals surface area (Å²) >= 11 is 0. The summed E-state index contributed by atoms with van der Waals surface area (Å²) in [7, 11) is 0. The Labute approximate surface area is 142 Å². The van der Waals surface area contributed by atoms with E-state index in [1.807, 2.05) is 37.3 Å². The topological polar surface area (TPSA) is 86.7 Å². The first-order valence-electron chi connectivity index (χ1n) is 8.25. The molecule has 0 aliphatic rings. The van der Waals surface area contributed by atoms with Crippen LogP contribution in [0.5, 0.6) is 0 Å². The smallest absolute Gasteiger partial charge is 0.326 e. The van der Waals surface area contributed by atoms with Crippen LogP contribution in [0.3, 0.4) is 0 Å². The maximum absolute atomic E-state index is 12.1. The van der Waals surface area contributed by atoms with Crippen LogP contribution in [-0.4, -0.2) is 46.9 Å². The number of nitrogens with zero attached hydrogens (tertiary/aromatic N) is 1. The van der Waals surface area contributed by atoms with Crippen LogP contribution < -0.4 is 5.32 Å². The van der Waals surface area contributed by atoms with Gasteiger partial charge < -0.3 is 15.3 Å². The van der Waals surface area contributed by atoms with Gasteiger partial charge in [-0.3, -0.25) is 9.59 Å². The molecule has 6 nitrogen and oxygen atoms in total. The zero-order valence-corrected chi connectivity index (χ0v) is 14.3. The lowest BCUT2D eigenvalue weighted by molar-refractivity contribution is -0.142. The van der Waals surface area contributed by atoms with Crippen LogP contribution in [0.25, 0.3) is 0 Å². The zero-order chi connectivity index (χ0) is 17.9. The van der Waals surface area contributed by atoms with E-state index < -0.39 is 17.9 Å².